The number of hydrogen-bond donors (Lipinski definition) is 0. The monoisotopic (exact) mass is 257 g/mol. The van der Waals surface area contributed by atoms with Crippen LogP contribution in [0.1, 0.15) is 76.7 Å². The summed E-state index contributed by atoms with van der Waals surface area (Å²) >= 11 is 0. The number of rotatable bonds is 7. The zero-order valence-corrected chi connectivity index (χ0v) is 12.5. The van der Waals surface area contributed by atoms with E-state index in [4.69, 9.17) is 0 Å². The molecule has 0 amide bonds. The molecule has 1 saturated carbocycles. The maximum Gasteiger partial charge on any atom is -0.00312 e. The van der Waals surface area contributed by atoms with Crippen molar-refractivity contribution in [2.24, 2.45) is 5.41 Å². The van der Waals surface area contributed by atoms with E-state index in [2.05, 4.69) is 43.7 Å². The maximum absolute atomic E-state index is 2.60. The van der Waals surface area contributed by atoms with Gasteiger partial charge in [-0.05, 0) is 36.7 Å². The standard InChI is InChI=1S/C19H29/c1-2-3-4-9-14-19(15-10-6-11-16-19)17-18-12-7-5-8-13-18/h5,7-8,12-13,17H,2-4,6,9-11,14-16H2,1H3. The minimum Gasteiger partial charge on any atom is -0.0654 e. The zero-order chi connectivity index (χ0) is 13.4. The fraction of sp³-hybridized carbons (Fsp3) is 0.632. The highest BCUT2D eigenvalue weighted by Crippen LogP contribution is 2.44. The van der Waals surface area contributed by atoms with Crippen LogP contribution in [-0.4, -0.2) is 0 Å². The summed E-state index contributed by atoms with van der Waals surface area (Å²) in [5.74, 6) is 0. The molecule has 0 bridgehead atoms. The average molecular weight is 257 g/mol. The van der Waals surface area contributed by atoms with Gasteiger partial charge in [-0.15, -0.1) is 0 Å². The van der Waals surface area contributed by atoms with Gasteiger partial charge in [0.05, 0.1) is 0 Å². The van der Waals surface area contributed by atoms with E-state index in [-0.39, 0.29) is 0 Å². The SMILES string of the molecule is CCCCCCC1([CH]c2ccccc2)CCCCC1. The van der Waals surface area contributed by atoms with Crippen molar-refractivity contribution in [3.8, 4) is 0 Å². The average Bonchev–Trinajstić information content (AvgIpc) is 2.46. The molecule has 19 heavy (non-hydrogen) atoms. The first-order valence-electron chi connectivity index (χ1n) is 8.26. The third-order valence-corrected chi connectivity index (χ3v) is 4.65. The molecule has 0 nitrogen and oxygen atoms in total. The molecule has 0 atom stereocenters. The lowest BCUT2D eigenvalue weighted by Crippen LogP contribution is -2.25. The minimum absolute atomic E-state index is 0.507. The van der Waals surface area contributed by atoms with Gasteiger partial charge < -0.3 is 0 Å². The Balaban J connectivity index is 1.94. The fourth-order valence-corrected chi connectivity index (χ4v) is 3.53. The van der Waals surface area contributed by atoms with Gasteiger partial charge in [0, 0.05) is 0 Å². The van der Waals surface area contributed by atoms with E-state index >= 15 is 0 Å². The van der Waals surface area contributed by atoms with Gasteiger partial charge in [-0.3, -0.25) is 0 Å². The minimum atomic E-state index is 0.507. The fourth-order valence-electron chi connectivity index (χ4n) is 3.53. The van der Waals surface area contributed by atoms with Gasteiger partial charge in [0.25, 0.3) is 0 Å². The number of unbranched alkanes of at least 4 members (excludes halogenated alkanes) is 3. The molecule has 1 aliphatic carbocycles. The predicted octanol–water partition coefficient (Wildman–Crippen LogP) is 6.16. The molecule has 0 heterocycles. The molecule has 0 N–H and O–H groups in total. The first-order valence-corrected chi connectivity index (χ1v) is 8.26. The molecular weight excluding hydrogens is 228 g/mol. The van der Waals surface area contributed by atoms with Gasteiger partial charge >= 0.3 is 0 Å². The Labute approximate surface area is 119 Å². The number of benzene rings is 1. The Bertz CT molecular complexity index is 332. The largest absolute Gasteiger partial charge is 0.0654 e. The molecule has 0 aliphatic heterocycles. The summed E-state index contributed by atoms with van der Waals surface area (Å²) in [6.45, 7) is 2.30. The lowest BCUT2D eigenvalue weighted by molar-refractivity contribution is 0.213. The van der Waals surface area contributed by atoms with Crippen LogP contribution in [0.25, 0.3) is 0 Å². The first kappa shape index (κ1) is 14.6. The van der Waals surface area contributed by atoms with Crippen LogP contribution in [0.2, 0.25) is 0 Å². The van der Waals surface area contributed by atoms with Crippen LogP contribution in [0.4, 0.5) is 0 Å². The molecule has 0 unspecified atom stereocenters. The summed E-state index contributed by atoms with van der Waals surface area (Å²) in [5.41, 5.74) is 1.94. The smallest absolute Gasteiger partial charge is 0.00312 e. The maximum atomic E-state index is 2.60. The Morgan fingerprint density at radius 3 is 2.37 bits per heavy atom. The van der Waals surface area contributed by atoms with Crippen LogP contribution < -0.4 is 0 Å². The molecule has 0 heteroatoms. The van der Waals surface area contributed by atoms with Crippen LogP contribution in [-0.2, 0) is 0 Å². The van der Waals surface area contributed by atoms with E-state index in [1.165, 1.54) is 69.8 Å². The molecular formula is C19H29. The Morgan fingerprint density at radius 1 is 0.947 bits per heavy atom. The molecule has 1 aromatic carbocycles. The number of hydrogen-bond acceptors (Lipinski definition) is 0. The second kappa shape index (κ2) is 7.72. The van der Waals surface area contributed by atoms with Gasteiger partial charge in [-0.1, -0.05) is 82.2 Å². The molecule has 1 aliphatic rings. The second-order valence-corrected chi connectivity index (χ2v) is 6.29. The van der Waals surface area contributed by atoms with Crippen molar-refractivity contribution in [1.29, 1.82) is 0 Å². The molecule has 0 saturated heterocycles. The molecule has 1 aromatic rings. The molecule has 105 valence electrons. The van der Waals surface area contributed by atoms with Crippen molar-refractivity contribution < 1.29 is 0 Å². The van der Waals surface area contributed by atoms with Crippen molar-refractivity contribution in [2.45, 2.75) is 71.1 Å². The van der Waals surface area contributed by atoms with Crippen LogP contribution >= 0.6 is 0 Å². The van der Waals surface area contributed by atoms with Gasteiger partial charge in [-0.2, -0.15) is 0 Å². The van der Waals surface area contributed by atoms with E-state index in [1.807, 2.05) is 0 Å². The van der Waals surface area contributed by atoms with Crippen LogP contribution in [0, 0.1) is 11.8 Å². The second-order valence-electron chi connectivity index (χ2n) is 6.29. The normalized spacial score (nSPS) is 18.4. The highest BCUT2D eigenvalue weighted by molar-refractivity contribution is 5.26. The summed E-state index contributed by atoms with van der Waals surface area (Å²) in [7, 11) is 0. The summed E-state index contributed by atoms with van der Waals surface area (Å²) in [6.07, 6.45) is 16.7. The Kier molecular flexibility index (Phi) is 5.94. The van der Waals surface area contributed by atoms with Crippen LogP contribution in [0.5, 0.6) is 0 Å². The third kappa shape index (κ3) is 4.67. The van der Waals surface area contributed by atoms with Gasteiger partial charge in [0.15, 0.2) is 0 Å². The van der Waals surface area contributed by atoms with E-state index < -0.39 is 0 Å². The highest BCUT2D eigenvalue weighted by atomic mass is 14.4. The van der Waals surface area contributed by atoms with Crippen LogP contribution in [0.15, 0.2) is 30.3 Å². The Hall–Kier alpha value is -0.780. The predicted molar refractivity (Wildman–Crippen MR) is 84.1 cm³/mol. The third-order valence-electron chi connectivity index (χ3n) is 4.65. The zero-order valence-electron chi connectivity index (χ0n) is 12.5. The van der Waals surface area contributed by atoms with E-state index in [1.54, 1.807) is 0 Å². The summed E-state index contributed by atoms with van der Waals surface area (Å²) < 4.78 is 0. The molecule has 1 radical (unpaired) electrons. The lowest BCUT2D eigenvalue weighted by Gasteiger charge is -2.37. The lowest BCUT2D eigenvalue weighted by atomic mass is 9.67. The van der Waals surface area contributed by atoms with Crippen molar-refractivity contribution >= 4 is 0 Å². The molecule has 1 fully saturated rings. The quantitative estimate of drug-likeness (QED) is 0.513. The van der Waals surface area contributed by atoms with Gasteiger partial charge in [-0.25, -0.2) is 0 Å². The summed E-state index contributed by atoms with van der Waals surface area (Å²) in [4.78, 5) is 0. The van der Waals surface area contributed by atoms with Crippen LogP contribution in [0.3, 0.4) is 0 Å². The topological polar surface area (TPSA) is 0 Å². The van der Waals surface area contributed by atoms with Gasteiger partial charge in [0.2, 0.25) is 0 Å². The Morgan fingerprint density at radius 2 is 1.68 bits per heavy atom. The van der Waals surface area contributed by atoms with Crippen molar-refractivity contribution in [1.82, 2.24) is 0 Å². The molecule has 0 aromatic heterocycles. The summed E-state index contributed by atoms with van der Waals surface area (Å²) in [6, 6.07) is 11.0. The van der Waals surface area contributed by atoms with Crippen molar-refractivity contribution in [2.75, 3.05) is 0 Å². The summed E-state index contributed by atoms with van der Waals surface area (Å²) in [5, 5.41) is 0. The first-order chi connectivity index (χ1) is 9.35. The van der Waals surface area contributed by atoms with E-state index in [9.17, 15) is 0 Å². The van der Waals surface area contributed by atoms with Crippen molar-refractivity contribution in [3.63, 3.8) is 0 Å². The highest BCUT2D eigenvalue weighted by Gasteiger charge is 2.31. The van der Waals surface area contributed by atoms with Gasteiger partial charge in [0.1, 0.15) is 0 Å². The van der Waals surface area contributed by atoms with E-state index in [0.29, 0.717) is 5.41 Å². The molecule has 0 spiro atoms. The van der Waals surface area contributed by atoms with E-state index in [0.717, 1.165) is 0 Å². The van der Waals surface area contributed by atoms with Crippen molar-refractivity contribution in [3.05, 3.63) is 42.3 Å². The molecule has 2 rings (SSSR count).